The Balaban J connectivity index is 2.26. The first kappa shape index (κ1) is 12.2. The number of piperidine rings is 1. The number of nitrogen functional groups attached to an aromatic ring is 1. The lowest BCUT2D eigenvalue weighted by Gasteiger charge is -2.36. The summed E-state index contributed by atoms with van der Waals surface area (Å²) in [5.74, 6) is 0.0335. The molecule has 0 spiro atoms. The monoisotopic (exact) mass is 238 g/mol. The van der Waals surface area contributed by atoms with E-state index in [1.54, 1.807) is 13.0 Å². The largest absolute Gasteiger partial charge is 0.397 e. The van der Waals surface area contributed by atoms with Crippen LogP contribution in [0, 0.1) is 18.7 Å². The van der Waals surface area contributed by atoms with E-state index in [-0.39, 0.29) is 11.9 Å². The number of aliphatic hydroxyl groups is 1. The van der Waals surface area contributed by atoms with Crippen LogP contribution < -0.4 is 10.6 Å². The summed E-state index contributed by atoms with van der Waals surface area (Å²) in [5.41, 5.74) is 7.69. The Labute approximate surface area is 101 Å². The lowest BCUT2D eigenvalue weighted by Crippen LogP contribution is -2.43. The molecule has 1 aliphatic heterocycles. The van der Waals surface area contributed by atoms with E-state index in [0.717, 1.165) is 18.7 Å². The van der Waals surface area contributed by atoms with E-state index < -0.39 is 0 Å². The van der Waals surface area contributed by atoms with Gasteiger partial charge in [-0.3, -0.25) is 0 Å². The highest BCUT2D eigenvalue weighted by Crippen LogP contribution is 2.30. The number of hydrogen-bond acceptors (Lipinski definition) is 3. The third-order valence-electron chi connectivity index (χ3n) is 3.57. The normalized spacial score (nSPS) is 25.1. The SMILES string of the molecule is Cc1cc(N2CCC(C)C(O)C2)c(N)cc1F. The minimum absolute atomic E-state index is 0.280. The molecule has 1 aliphatic rings. The highest BCUT2D eigenvalue weighted by atomic mass is 19.1. The zero-order valence-electron chi connectivity index (χ0n) is 10.3. The molecule has 4 heteroatoms. The van der Waals surface area contributed by atoms with E-state index in [9.17, 15) is 9.50 Å². The number of rotatable bonds is 1. The predicted molar refractivity (Wildman–Crippen MR) is 67.6 cm³/mol. The topological polar surface area (TPSA) is 49.5 Å². The smallest absolute Gasteiger partial charge is 0.128 e. The minimum atomic E-state index is -0.339. The van der Waals surface area contributed by atoms with Crippen molar-refractivity contribution in [3.05, 3.63) is 23.5 Å². The van der Waals surface area contributed by atoms with E-state index in [4.69, 9.17) is 5.73 Å². The van der Waals surface area contributed by atoms with E-state index in [1.165, 1.54) is 6.07 Å². The van der Waals surface area contributed by atoms with Gasteiger partial charge >= 0.3 is 0 Å². The van der Waals surface area contributed by atoms with E-state index in [2.05, 4.69) is 0 Å². The molecule has 0 amide bonds. The fourth-order valence-electron chi connectivity index (χ4n) is 2.22. The first-order chi connectivity index (χ1) is 7.99. The summed E-state index contributed by atoms with van der Waals surface area (Å²) in [6.07, 6.45) is 0.588. The summed E-state index contributed by atoms with van der Waals surface area (Å²) in [6, 6.07) is 3.11. The van der Waals surface area contributed by atoms with Gasteiger partial charge in [-0.2, -0.15) is 0 Å². The molecule has 0 aliphatic carbocycles. The molecule has 2 unspecified atom stereocenters. The van der Waals surface area contributed by atoms with Gasteiger partial charge in [-0.05, 0) is 37.0 Å². The maximum absolute atomic E-state index is 13.3. The van der Waals surface area contributed by atoms with Crippen molar-refractivity contribution in [1.29, 1.82) is 0 Å². The van der Waals surface area contributed by atoms with E-state index in [1.807, 2.05) is 11.8 Å². The van der Waals surface area contributed by atoms with Crippen molar-refractivity contribution >= 4 is 11.4 Å². The molecule has 1 aromatic carbocycles. The van der Waals surface area contributed by atoms with Crippen LogP contribution in [0.4, 0.5) is 15.8 Å². The fraction of sp³-hybridized carbons (Fsp3) is 0.538. The van der Waals surface area contributed by atoms with Crippen LogP contribution in [0.3, 0.4) is 0 Å². The molecule has 1 heterocycles. The number of aliphatic hydroxyl groups excluding tert-OH is 1. The molecule has 0 aromatic heterocycles. The molecule has 2 atom stereocenters. The van der Waals surface area contributed by atoms with Gasteiger partial charge in [-0.25, -0.2) is 4.39 Å². The fourth-order valence-corrected chi connectivity index (χ4v) is 2.22. The molecule has 0 saturated carbocycles. The van der Waals surface area contributed by atoms with Crippen molar-refractivity contribution in [3.8, 4) is 0 Å². The first-order valence-electron chi connectivity index (χ1n) is 5.97. The van der Waals surface area contributed by atoms with Crippen LogP contribution in [0.25, 0.3) is 0 Å². The van der Waals surface area contributed by atoms with Crippen molar-refractivity contribution in [2.24, 2.45) is 5.92 Å². The van der Waals surface area contributed by atoms with Gasteiger partial charge in [0.15, 0.2) is 0 Å². The molecular formula is C13H19FN2O. The number of β-amino-alcohol motifs (C(OH)–C–C–N with tert-alkyl or cyclic N) is 1. The molecule has 1 aromatic rings. The van der Waals surface area contributed by atoms with Crippen LogP contribution in [-0.4, -0.2) is 24.3 Å². The Morgan fingerprint density at radius 1 is 1.47 bits per heavy atom. The van der Waals surface area contributed by atoms with Crippen LogP contribution in [0.2, 0.25) is 0 Å². The summed E-state index contributed by atoms with van der Waals surface area (Å²) in [7, 11) is 0. The zero-order valence-corrected chi connectivity index (χ0v) is 10.3. The van der Waals surface area contributed by atoms with Crippen molar-refractivity contribution in [2.45, 2.75) is 26.4 Å². The highest BCUT2D eigenvalue weighted by molar-refractivity contribution is 5.69. The minimum Gasteiger partial charge on any atom is -0.397 e. The summed E-state index contributed by atoms with van der Waals surface area (Å²) in [5, 5.41) is 9.87. The standard InChI is InChI=1S/C13H19FN2O/c1-8-3-4-16(7-13(8)17)12-5-9(2)10(14)6-11(12)15/h5-6,8,13,17H,3-4,7,15H2,1-2H3. The van der Waals surface area contributed by atoms with Gasteiger partial charge in [0, 0.05) is 13.1 Å². The summed E-state index contributed by atoms with van der Waals surface area (Å²) in [6.45, 7) is 5.19. The van der Waals surface area contributed by atoms with E-state index in [0.29, 0.717) is 23.7 Å². The number of nitrogens with two attached hydrogens (primary N) is 1. The van der Waals surface area contributed by atoms with Gasteiger partial charge < -0.3 is 15.7 Å². The van der Waals surface area contributed by atoms with Gasteiger partial charge in [0.25, 0.3) is 0 Å². The third-order valence-corrected chi connectivity index (χ3v) is 3.57. The van der Waals surface area contributed by atoms with Crippen LogP contribution in [0.1, 0.15) is 18.9 Å². The van der Waals surface area contributed by atoms with Gasteiger partial charge in [0.1, 0.15) is 5.82 Å². The zero-order chi connectivity index (χ0) is 12.6. The Kier molecular flexibility index (Phi) is 3.24. The second kappa shape index (κ2) is 4.53. The quantitative estimate of drug-likeness (QED) is 0.735. The predicted octanol–water partition coefficient (Wildman–Crippen LogP) is 1.92. The van der Waals surface area contributed by atoms with Crippen LogP contribution in [0.15, 0.2) is 12.1 Å². The van der Waals surface area contributed by atoms with Crippen LogP contribution in [-0.2, 0) is 0 Å². The van der Waals surface area contributed by atoms with E-state index >= 15 is 0 Å². The molecule has 1 saturated heterocycles. The number of benzene rings is 1. The molecule has 2 rings (SSSR count). The van der Waals surface area contributed by atoms with Crippen LogP contribution in [0.5, 0.6) is 0 Å². The Hall–Kier alpha value is -1.29. The average Bonchev–Trinajstić information content (AvgIpc) is 2.27. The number of nitrogens with zero attached hydrogens (tertiary/aromatic N) is 1. The maximum atomic E-state index is 13.3. The molecule has 17 heavy (non-hydrogen) atoms. The van der Waals surface area contributed by atoms with Crippen LogP contribution >= 0.6 is 0 Å². The van der Waals surface area contributed by atoms with Crippen molar-refractivity contribution in [2.75, 3.05) is 23.7 Å². The Morgan fingerprint density at radius 2 is 2.18 bits per heavy atom. The second-order valence-electron chi connectivity index (χ2n) is 4.94. The van der Waals surface area contributed by atoms with Gasteiger partial charge in [0.2, 0.25) is 0 Å². The first-order valence-corrected chi connectivity index (χ1v) is 5.97. The Morgan fingerprint density at radius 3 is 2.82 bits per heavy atom. The van der Waals surface area contributed by atoms with Gasteiger partial charge in [-0.1, -0.05) is 6.92 Å². The molecule has 94 valence electrons. The van der Waals surface area contributed by atoms with Crippen molar-refractivity contribution in [3.63, 3.8) is 0 Å². The lowest BCUT2D eigenvalue weighted by molar-refractivity contribution is 0.103. The number of anilines is 2. The molecular weight excluding hydrogens is 219 g/mol. The van der Waals surface area contributed by atoms with Gasteiger partial charge in [-0.15, -0.1) is 0 Å². The lowest BCUT2D eigenvalue weighted by atomic mass is 9.95. The highest BCUT2D eigenvalue weighted by Gasteiger charge is 2.25. The summed E-state index contributed by atoms with van der Waals surface area (Å²) < 4.78 is 13.3. The molecule has 3 N–H and O–H groups in total. The molecule has 0 radical (unpaired) electrons. The van der Waals surface area contributed by atoms with Gasteiger partial charge in [0.05, 0.1) is 17.5 Å². The molecule has 0 bridgehead atoms. The third kappa shape index (κ3) is 2.36. The Bertz CT molecular complexity index is 422. The van der Waals surface area contributed by atoms with Crippen molar-refractivity contribution in [1.82, 2.24) is 0 Å². The summed E-state index contributed by atoms with van der Waals surface area (Å²) in [4.78, 5) is 2.03. The second-order valence-corrected chi connectivity index (χ2v) is 4.94. The van der Waals surface area contributed by atoms with Crippen molar-refractivity contribution < 1.29 is 9.50 Å². The maximum Gasteiger partial charge on any atom is 0.128 e. The number of aryl methyl sites for hydroxylation is 1. The molecule has 3 nitrogen and oxygen atoms in total. The summed E-state index contributed by atoms with van der Waals surface area (Å²) >= 11 is 0. The molecule has 1 fully saturated rings. The average molecular weight is 238 g/mol. The number of hydrogen-bond donors (Lipinski definition) is 2. The number of halogens is 1.